The van der Waals surface area contributed by atoms with E-state index in [0.29, 0.717) is 18.6 Å². The number of unbranched alkanes of at least 4 members (excludes halogenated alkanes) is 1. The monoisotopic (exact) mass is 833 g/mol. The summed E-state index contributed by atoms with van der Waals surface area (Å²) in [5.41, 5.74) is 7.37. The van der Waals surface area contributed by atoms with Gasteiger partial charge in [0.25, 0.3) is 0 Å². The summed E-state index contributed by atoms with van der Waals surface area (Å²) in [6.07, 6.45) is 2.90. The minimum Gasteiger partial charge on any atom is -0.481 e. The molecule has 57 heavy (non-hydrogen) atoms. The van der Waals surface area contributed by atoms with Crippen molar-refractivity contribution in [3.05, 3.63) is 36.0 Å². The Kier molecular flexibility index (Phi) is 19.1. The van der Waals surface area contributed by atoms with Crippen molar-refractivity contribution < 1.29 is 43.5 Å². The minimum atomic E-state index is -1.64. The molecule has 0 radical (unpaired) electrons. The fourth-order valence-electron chi connectivity index (χ4n) is 5.98. The van der Waals surface area contributed by atoms with E-state index in [-0.39, 0.29) is 25.1 Å². The van der Waals surface area contributed by atoms with Gasteiger partial charge in [-0.05, 0) is 71.3 Å². The van der Waals surface area contributed by atoms with Gasteiger partial charge in [0.05, 0.1) is 13.0 Å². The van der Waals surface area contributed by atoms with Crippen LogP contribution in [0.4, 0.5) is 0 Å². The number of hydrogen-bond donors (Lipinski definition) is 8. The van der Waals surface area contributed by atoms with Crippen LogP contribution in [0.5, 0.6) is 0 Å². The zero-order chi connectivity index (χ0) is 42.1. The number of amides is 7. The summed E-state index contributed by atoms with van der Waals surface area (Å²) in [6, 6.07) is 1.34. The Bertz CT molecular complexity index is 1740. The molecule has 0 aliphatic carbocycles. The molecule has 5 atom stereocenters. The van der Waals surface area contributed by atoms with E-state index in [2.05, 4.69) is 36.5 Å². The molecule has 9 N–H and O–H groups in total. The summed E-state index contributed by atoms with van der Waals surface area (Å²) < 4.78 is 0. The van der Waals surface area contributed by atoms with Crippen LogP contribution in [0.25, 0.3) is 10.9 Å². The summed E-state index contributed by atoms with van der Waals surface area (Å²) in [7, 11) is 4.44. The first-order valence-corrected chi connectivity index (χ1v) is 21.4. The zero-order valence-electron chi connectivity index (χ0n) is 32.8. The third-order valence-corrected chi connectivity index (χ3v) is 11.9. The average Bonchev–Trinajstić information content (AvgIpc) is 3.59. The number of carboxylic acid groups (broad SMARTS) is 1. The van der Waals surface area contributed by atoms with Crippen LogP contribution < -0.4 is 32.3 Å². The maximum absolute atomic E-state index is 14.0. The number of para-hydroxylation sites is 1. The number of primary amides is 1. The van der Waals surface area contributed by atoms with E-state index in [1.54, 1.807) is 6.20 Å². The van der Waals surface area contributed by atoms with Crippen LogP contribution in [0.15, 0.2) is 30.5 Å². The van der Waals surface area contributed by atoms with Gasteiger partial charge in [0, 0.05) is 41.6 Å². The van der Waals surface area contributed by atoms with Crippen LogP contribution in [0, 0.1) is 0 Å². The molecule has 2 aromatic rings. The number of hydrogen-bond acceptors (Lipinski definition) is 11. The standard InChI is InChI=1S/C37H55N9O9S2/c1-5-45(4)15-9-8-12-27-35(53)40-20-31(48)43-28(18-32(49)50)36(54)41-22(2)37(55)46(16-13-24-19-39-26-11-7-6-10-25(24)26)23(3)34(52)44-29(33(38)51)21-57-56-17-14-30(47)42-27/h6-7,10-11,19,22-23,27-29,39H,5,8-9,12-18,20-21H2,1-4H3,(H2,38,51)(H,40,53)(H,41,54)(H,42,47)(H,43,48)(H,44,52)(H,49,50)/t22-,23-,27-,28-,29?/m0/s1. The first-order valence-electron chi connectivity index (χ1n) is 18.9. The Morgan fingerprint density at radius 1 is 0.930 bits per heavy atom. The number of aromatic nitrogens is 1. The van der Waals surface area contributed by atoms with Crippen LogP contribution in [-0.2, 0) is 44.8 Å². The highest BCUT2D eigenvalue weighted by Gasteiger charge is 2.34. The molecule has 20 heteroatoms. The van der Waals surface area contributed by atoms with Crippen LogP contribution >= 0.6 is 21.6 Å². The van der Waals surface area contributed by atoms with Crippen LogP contribution in [0.2, 0.25) is 0 Å². The molecule has 2 heterocycles. The fourth-order valence-corrected chi connectivity index (χ4v) is 8.15. The van der Waals surface area contributed by atoms with Crippen molar-refractivity contribution >= 4 is 79.8 Å². The molecule has 1 fully saturated rings. The third-order valence-electron chi connectivity index (χ3n) is 9.47. The topological polar surface area (TPSA) is 265 Å². The summed E-state index contributed by atoms with van der Waals surface area (Å²) in [4.78, 5) is 111. The van der Waals surface area contributed by atoms with Crippen molar-refractivity contribution in [3.8, 4) is 0 Å². The second-order valence-electron chi connectivity index (χ2n) is 13.8. The molecule has 18 nitrogen and oxygen atoms in total. The first kappa shape index (κ1) is 46.6. The number of carboxylic acids is 1. The van der Waals surface area contributed by atoms with Crippen molar-refractivity contribution in [1.29, 1.82) is 0 Å². The molecular weight excluding hydrogens is 779 g/mol. The van der Waals surface area contributed by atoms with Crippen molar-refractivity contribution in [3.63, 3.8) is 0 Å². The number of aromatic amines is 1. The molecule has 3 rings (SSSR count). The van der Waals surface area contributed by atoms with Gasteiger partial charge in [-0.1, -0.05) is 46.7 Å². The van der Waals surface area contributed by atoms with E-state index in [9.17, 15) is 43.5 Å². The lowest BCUT2D eigenvalue weighted by Gasteiger charge is -2.32. The largest absolute Gasteiger partial charge is 0.481 e. The molecule has 1 aliphatic rings. The van der Waals surface area contributed by atoms with Gasteiger partial charge in [-0.25, -0.2) is 0 Å². The summed E-state index contributed by atoms with van der Waals surface area (Å²) in [5, 5.41) is 23.1. The van der Waals surface area contributed by atoms with Crippen LogP contribution in [0.1, 0.15) is 58.4 Å². The highest BCUT2D eigenvalue weighted by molar-refractivity contribution is 8.76. The lowest BCUT2D eigenvalue weighted by atomic mass is 10.1. The lowest BCUT2D eigenvalue weighted by molar-refractivity contribution is -0.144. The van der Waals surface area contributed by atoms with E-state index in [1.165, 1.54) is 40.3 Å². The summed E-state index contributed by atoms with van der Waals surface area (Å²) in [5.74, 6) is -6.18. The molecule has 1 saturated heterocycles. The number of carbonyl (C=O) groups is 8. The Morgan fingerprint density at radius 3 is 2.35 bits per heavy atom. The summed E-state index contributed by atoms with van der Waals surface area (Å²) in [6.45, 7) is 5.86. The second-order valence-corrected chi connectivity index (χ2v) is 16.4. The number of nitrogens with one attached hydrogen (secondary N) is 6. The number of carbonyl (C=O) groups excluding carboxylic acids is 7. The number of rotatable bonds is 12. The number of fused-ring (bicyclic) bond motifs is 1. The highest BCUT2D eigenvalue weighted by atomic mass is 33.1. The molecule has 314 valence electrons. The van der Waals surface area contributed by atoms with Gasteiger partial charge in [-0.2, -0.15) is 0 Å². The normalized spacial score (nSPS) is 23.0. The number of nitrogens with zero attached hydrogens (tertiary/aromatic N) is 2. The van der Waals surface area contributed by atoms with E-state index in [0.717, 1.165) is 36.0 Å². The van der Waals surface area contributed by atoms with Crippen molar-refractivity contribution in [2.45, 2.75) is 89.5 Å². The van der Waals surface area contributed by atoms with Gasteiger partial charge >= 0.3 is 5.97 Å². The maximum Gasteiger partial charge on any atom is 0.305 e. The lowest BCUT2D eigenvalue weighted by Crippen LogP contribution is -2.59. The first-order chi connectivity index (χ1) is 27.1. The van der Waals surface area contributed by atoms with Gasteiger partial charge in [0.15, 0.2) is 0 Å². The Hall–Kier alpha value is -4.82. The molecule has 0 saturated carbocycles. The molecule has 7 amide bonds. The van der Waals surface area contributed by atoms with E-state index in [4.69, 9.17) is 5.73 Å². The van der Waals surface area contributed by atoms with Crippen LogP contribution in [0.3, 0.4) is 0 Å². The second kappa shape index (κ2) is 23.4. The van der Waals surface area contributed by atoms with E-state index in [1.807, 2.05) is 38.2 Å². The van der Waals surface area contributed by atoms with Crippen LogP contribution in [-0.4, -0.2) is 142 Å². The van der Waals surface area contributed by atoms with E-state index < -0.39 is 90.5 Å². The Labute approximate surface area is 339 Å². The maximum atomic E-state index is 14.0. The number of H-pyrrole nitrogens is 1. The third kappa shape index (κ3) is 15.2. The molecule has 1 unspecified atom stereocenters. The van der Waals surface area contributed by atoms with Crippen molar-refractivity contribution in [2.24, 2.45) is 5.73 Å². The van der Waals surface area contributed by atoms with Crippen molar-refractivity contribution in [1.82, 2.24) is 41.4 Å². The van der Waals surface area contributed by atoms with Gasteiger partial charge in [0.1, 0.15) is 30.2 Å². The summed E-state index contributed by atoms with van der Waals surface area (Å²) >= 11 is 0. The Balaban J connectivity index is 1.87. The van der Waals surface area contributed by atoms with Gasteiger partial charge < -0.3 is 52.2 Å². The predicted molar refractivity (Wildman–Crippen MR) is 218 cm³/mol. The van der Waals surface area contributed by atoms with Gasteiger partial charge in [-0.3, -0.25) is 38.4 Å². The number of aliphatic carboxylic acids is 1. The molecule has 0 bridgehead atoms. The predicted octanol–water partition coefficient (Wildman–Crippen LogP) is -0.130. The quantitative estimate of drug-likeness (QED) is 0.103. The number of benzene rings is 1. The highest BCUT2D eigenvalue weighted by Crippen LogP contribution is 2.23. The fraction of sp³-hybridized carbons (Fsp3) is 0.568. The average molecular weight is 834 g/mol. The van der Waals surface area contributed by atoms with Gasteiger partial charge in [0.2, 0.25) is 41.4 Å². The SMILES string of the molecule is CCN(C)CCCC[C@@H]1NC(=O)CCSSCC(C(N)=O)NC(=O)[C@H](C)N(CCc2c[nH]c3ccccc23)C(=O)[C@H](C)NC(=O)[C@H](CC(=O)O)NC(=O)CNC1=O. The zero-order valence-corrected chi connectivity index (χ0v) is 34.4. The van der Waals surface area contributed by atoms with E-state index >= 15 is 0 Å². The molecule has 0 spiro atoms. The molecule has 1 aromatic heterocycles. The number of nitrogens with two attached hydrogens (primary N) is 1. The van der Waals surface area contributed by atoms with Gasteiger partial charge in [-0.15, -0.1) is 0 Å². The molecule has 1 aromatic carbocycles. The minimum absolute atomic E-state index is 0.00908. The molecule has 1 aliphatic heterocycles. The molecular formula is C37H55N9O9S2. The smallest absolute Gasteiger partial charge is 0.305 e. The van der Waals surface area contributed by atoms with Crippen molar-refractivity contribution in [2.75, 3.05) is 44.7 Å². The Morgan fingerprint density at radius 2 is 1.65 bits per heavy atom.